The van der Waals surface area contributed by atoms with Gasteiger partial charge in [0, 0.05) is 18.2 Å². The fourth-order valence-corrected chi connectivity index (χ4v) is 3.48. The second-order valence-electron chi connectivity index (χ2n) is 6.79. The van der Waals surface area contributed by atoms with Gasteiger partial charge in [0.15, 0.2) is 34.7 Å². The highest BCUT2D eigenvalue weighted by atomic mass is 16.6. The topological polar surface area (TPSA) is 175 Å². The Labute approximate surface area is 170 Å². The Bertz CT molecular complexity index is 1060. The van der Waals surface area contributed by atoms with Gasteiger partial charge in [-0.3, -0.25) is 4.57 Å². The van der Waals surface area contributed by atoms with Crippen molar-refractivity contribution in [3.8, 4) is 17.2 Å². The van der Waals surface area contributed by atoms with E-state index in [-0.39, 0.29) is 23.8 Å². The van der Waals surface area contributed by atoms with E-state index in [1.165, 1.54) is 36.5 Å². The molecular formula is C18H21N5O7. The molecule has 0 radical (unpaired) electrons. The lowest BCUT2D eigenvalue weighted by molar-refractivity contribution is -0.0511. The van der Waals surface area contributed by atoms with Gasteiger partial charge < -0.3 is 40.3 Å². The Hall–Kier alpha value is -3.19. The molecule has 12 nitrogen and oxygen atoms in total. The molecular weight excluding hydrogens is 398 g/mol. The predicted molar refractivity (Wildman–Crippen MR) is 102 cm³/mol. The standard InChI is InChI=1S/C18H21N5O7/c1-29-15-8(2-9(25)3-10(15)26)4-19-16-12-17(21-6-20-16)23(7-22-12)18-14(28)13(27)11(5-24)30-18/h2-3,6-7,11,13-14,18,24-28H,4-5H2,1H3,(H,19,20,21)/t11-,13-,14-,18?/m1/s1. The molecule has 1 saturated heterocycles. The molecule has 0 saturated carbocycles. The van der Waals surface area contributed by atoms with Crippen molar-refractivity contribution >= 4 is 17.0 Å². The molecule has 1 aromatic carbocycles. The Morgan fingerprint density at radius 2 is 1.97 bits per heavy atom. The summed E-state index contributed by atoms with van der Waals surface area (Å²) in [6, 6.07) is 2.62. The van der Waals surface area contributed by atoms with E-state index in [1.807, 2.05) is 0 Å². The maximum Gasteiger partial charge on any atom is 0.167 e. The number of imidazole rings is 1. The molecule has 4 rings (SSSR count). The van der Waals surface area contributed by atoms with Gasteiger partial charge in [-0.15, -0.1) is 0 Å². The Balaban J connectivity index is 1.62. The van der Waals surface area contributed by atoms with Crippen molar-refractivity contribution in [1.29, 1.82) is 0 Å². The summed E-state index contributed by atoms with van der Waals surface area (Å²) in [5.74, 6) is 0.250. The van der Waals surface area contributed by atoms with Crippen LogP contribution in [0.25, 0.3) is 11.2 Å². The van der Waals surface area contributed by atoms with Crippen LogP contribution >= 0.6 is 0 Å². The van der Waals surface area contributed by atoms with Crippen LogP contribution in [0.1, 0.15) is 11.8 Å². The number of methoxy groups -OCH3 is 1. The van der Waals surface area contributed by atoms with E-state index >= 15 is 0 Å². The minimum atomic E-state index is -1.27. The number of phenolic OH excluding ortho intramolecular Hbond substituents is 2. The molecule has 30 heavy (non-hydrogen) atoms. The van der Waals surface area contributed by atoms with Crippen molar-refractivity contribution in [3.05, 3.63) is 30.4 Å². The first-order chi connectivity index (χ1) is 14.4. The third kappa shape index (κ3) is 3.35. The second-order valence-corrected chi connectivity index (χ2v) is 6.79. The largest absolute Gasteiger partial charge is 0.508 e. The van der Waals surface area contributed by atoms with Crippen molar-refractivity contribution in [2.45, 2.75) is 31.1 Å². The first-order valence-electron chi connectivity index (χ1n) is 9.07. The minimum absolute atomic E-state index is 0.119. The van der Waals surface area contributed by atoms with E-state index < -0.39 is 31.1 Å². The van der Waals surface area contributed by atoms with Crippen LogP contribution in [0.4, 0.5) is 5.82 Å². The molecule has 12 heteroatoms. The average molecular weight is 419 g/mol. The first-order valence-corrected chi connectivity index (χ1v) is 9.07. The van der Waals surface area contributed by atoms with Gasteiger partial charge in [-0.25, -0.2) is 15.0 Å². The van der Waals surface area contributed by atoms with Crippen molar-refractivity contribution < 1.29 is 35.0 Å². The van der Waals surface area contributed by atoms with Gasteiger partial charge >= 0.3 is 0 Å². The number of benzene rings is 1. The first kappa shape index (κ1) is 20.1. The number of aliphatic hydroxyl groups is 3. The Morgan fingerprint density at radius 1 is 1.17 bits per heavy atom. The van der Waals surface area contributed by atoms with Gasteiger partial charge in [-0.2, -0.15) is 0 Å². The third-order valence-electron chi connectivity index (χ3n) is 4.93. The lowest BCUT2D eigenvalue weighted by Gasteiger charge is -2.16. The highest BCUT2D eigenvalue weighted by Crippen LogP contribution is 2.35. The summed E-state index contributed by atoms with van der Waals surface area (Å²) >= 11 is 0. The SMILES string of the molecule is COc1c(O)cc(O)cc1CNc1ncnc2c1ncn2C1O[C@H](CO)[C@@H](O)[C@H]1O. The molecule has 0 spiro atoms. The number of aromatic hydroxyl groups is 2. The van der Waals surface area contributed by atoms with Crippen LogP contribution < -0.4 is 10.1 Å². The molecule has 1 fully saturated rings. The number of ether oxygens (including phenoxy) is 2. The summed E-state index contributed by atoms with van der Waals surface area (Å²) in [4.78, 5) is 12.6. The molecule has 0 aliphatic carbocycles. The zero-order chi connectivity index (χ0) is 21.4. The Morgan fingerprint density at radius 3 is 2.67 bits per heavy atom. The maximum absolute atomic E-state index is 10.3. The van der Waals surface area contributed by atoms with Crippen LogP contribution in [0.15, 0.2) is 24.8 Å². The number of hydrogen-bond donors (Lipinski definition) is 6. The number of nitrogens with zero attached hydrogens (tertiary/aromatic N) is 4. The second kappa shape index (κ2) is 7.91. The van der Waals surface area contributed by atoms with Crippen LogP contribution in [0.5, 0.6) is 17.2 Å². The summed E-state index contributed by atoms with van der Waals surface area (Å²) in [7, 11) is 1.40. The van der Waals surface area contributed by atoms with Crippen molar-refractivity contribution in [3.63, 3.8) is 0 Å². The van der Waals surface area contributed by atoms with E-state index in [4.69, 9.17) is 9.47 Å². The van der Waals surface area contributed by atoms with Gasteiger partial charge in [0.2, 0.25) is 0 Å². The number of fused-ring (bicyclic) bond motifs is 1. The number of anilines is 1. The summed E-state index contributed by atoms with van der Waals surface area (Å²) < 4.78 is 12.2. The number of aliphatic hydroxyl groups excluding tert-OH is 3. The highest BCUT2D eigenvalue weighted by Gasteiger charge is 2.44. The fraction of sp³-hybridized carbons (Fsp3) is 0.389. The molecule has 0 bridgehead atoms. The fourth-order valence-electron chi connectivity index (χ4n) is 3.48. The molecule has 1 unspecified atom stereocenters. The Kier molecular flexibility index (Phi) is 5.30. The van der Waals surface area contributed by atoms with E-state index in [0.29, 0.717) is 22.5 Å². The smallest absolute Gasteiger partial charge is 0.167 e. The molecule has 6 N–H and O–H groups in total. The van der Waals surface area contributed by atoms with E-state index in [2.05, 4.69) is 20.3 Å². The third-order valence-corrected chi connectivity index (χ3v) is 4.93. The van der Waals surface area contributed by atoms with Crippen molar-refractivity contribution in [1.82, 2.24) is 19.5 Å². The number of hydrogen-bond acceptors (Lipinski definition) is 11. The number of phenols is 2. The molecule has 0 amide bonds. The lowest BCUT2D eigenvalue weighted by Crippen LogP contribution is -2.33. The average Bonchev–Trinajstić information content (AvgIpc) is 3.27. The van der Waals surface area contributed by atoms with E-state index in [0.717, 1.165) is 0 Å². The summed E-state index contributed by atoms with van der Waals surface area (Å²) in [5.41, 5.74) is 1.20. The van der Waals surface area contributed by atoms with Crippen molar-refractivity contribution in [2.75, 3.05) is 19.0 Å². The molecule has 160 valence electrons. The van der Waals surface area contributed by atoms with E-state index in [9.17, 15) is 25.5 Å². The number of rotatable bonds is 6. The minimum Gasteiger partial charge on any atom is -0.508 e. The quantitative estimate of drug-likeness (QED) is 0.303. The predicted octanol–water partition coefficient (Wildman–Crippen LogP) is -0.530. The van der Waals surface area contributed by atoms with Crippen molar-refractivity contribution in [2.24, 2.45) is 0 Å². The summed E-state index contributed by atoms with van der Waals surface area (Å²) in [6.45, 7) is -0.292. The van der Waals surface area contributed by atoms with Gasteiger partial charge in [0.1, 0.15) is 30.4 Å². The zero-order valence-electron chi connectivity index (χ0n) is 15.9. The van der Waals surface area contributed by atoms with Crippen LogP contribution in [0.3, 0.4) is 0 Å². The highest BCUT2D eigenvalue weighted by molar-refractivity contribution is 5.82. The molecule has 3 heterocycles. The number of aromatic nitrogens is 4. The van der Waals surface area contributed by atoms with E-state index in [1.54, 1.807) is 0 Å². The molecule has 1 aliphatic heterocycles. The number of nitrogens with one attached hydrogen (secondary N) is 1. The monoisotopic (exact) mass is 419 g/mol. The molecule has 4 atom stereocenters. The summed E-state index contributed by atoms with van der Waals surface area (Å²) in [5, 5.41) is 52.3. The van der Waals surface area contributed by atoms with Crippen LogP contribution in [-0.2, 0) is 11.3 Å². The van der Waals surface area contributed by atoms with Gasteiger partial charge in [0.05, 0.1) is 20.0 Å². The molecule has 3 aromatic rings. The van der Waals surface area contributed by atoms with Crippen LogP contribution in [-0.4, -0.2) is 77.1 Å². The zero-order valence-corrected chi connectivity index (χ0v) is 15.9. The normalized spacial score (nSPS) is 23.7. The molecule has 1 aliphatic rings. The van der Waals surface area contributed by atoms with Crippen LogP contribution in [0, 0.1) is 0 Å². The van der Waals surface area contributed by atoms with Gasteiger partial charge in [0.25, 0.3) is 0 Å². The van der Waals surface area contributed by atoms with Gasteiger partial charge in [-0.05, 0) is 6.07 Å². The summed E-state index contributed by atoms with van der Waals surface area (Å²) in [6.07, 6.45) is -1.73. The lowest BCUT2D eigenvalue weighted by atomic mass is 10.1. The maximum atomic E-state index is 10.3. The molecule has 2 aromatic heterocycles. The van der Waals surface area contributed by atoms with Gasteiger partial charge in [-0.1, -0.05) is 0 Å². The van der Waals surface area contributed by atoms with Crippen LogP contribution in [0.2, 0.25) is 0 Å².